The van der Waals surface area contributed by atoms with Crippen LogP contribution in [0.25, 0.3) is 0 Å². The Hall–Kier alpha value is 0.0869. The minimum absolute atomic E-state index is 0.105. The van der Waals surface area contributed by atoms with Gasteiger partial charge >= 0.3 is 7.60 Å². The van der Waals surface area contributed by atoms with Gasteiger partial charge in [0.2, 0.25) is 0 Å². The molecule has 2 aliphatic heterocycles. The second-order valence-electron chi connectivity index (χ2n) is 9.74. The van der Waals surface area contributed by atoms with E-state index in [1.54, 1.807) is 27.7 Å². The summed E-state index contributed by atoms with van der Waals surface area (Å²) in [7, 11) is -5.24. The average Bonchev–Trinajstić information content (AvgIpc) is 2.95. The van der Waals surface area contributed by atoms with Crippen molar-refractivity contribution in [2.45, 2.75) is 88.9 Å². The van der Waals surface area contributed by atoms with Gasteiger partial charge in [-0.2, -0.15) is 0 Å². The van der Waals surface area contributed by atoms with Crippen molar-refractivity contribution in [1.82, 2.24) is 0 Å². The molecule has 2 heterocycles. The smallest absolute Gasteiger partial charge is 0.362 e. The van der Waals surface area contributed by atoms with E-state index in [2.05, 4.69) is 19.6 Å². The second kappa shape index (κ2) is 11.2. The molecule has 0 aromatic rings. The zero-order valence-electron chi connectivity index (χ0n) is 20.4. The number of rotatable bonds is 13. The standard InChI is InChI=1S/C20H41O10PSi/c1-8-27-31(23,28-9-2)18(25-14-24-10-11-32(5,6)7)20-13-26-19(3,4)30-17(20)16(22)15(12-21)29-20/h15-18,21-22H,8-14H2,1-7H3/t15-,16-,17+,18?,20+/m1/s1. The third-order valence-electron chi connectivity index (χ3n) is 5.41. The molecule has 0 radical (unpaired) electrons. The fraction of sp³-hybridized carbons (Fsp3) is 1.00. The van der Waals surface area contributed by atoms with Crippen LogP contribution in [0.2, 0.25) is 25.7 Å². The van der Waals surface area contributed by atoms with Crippen LogP contribution in [0.3, 0.4) is 0 Å². The van der Waals surface area contributed by atoms with Crippen LogP contribution in [-0.4, -0.2) is 93.7 Å². The van der Waals surface area contributed by atoms with E-state index in [1.165, 1.54) is 0 Å². The van der Waals surface area contributed by atoms with Gasteiger partial charge in [0.1, 0.15) is 25.1 Å². The summed E-state index contributed by atoms with van der Waals surface area (Å²) in [5.41, 5.74) is -1.54. The Morgan fingerprint density at radius 1 is 1.16 bits per heavy atom. The van der Waals surface area contributed by atoms with Crippen molar-refractivity contribution in [1.29, 1.82) is 0 Å². The van der Waals surface area contributed by atoms with Crippen molar-refractivity contribution in [3.05, 3.63) is 0 Å². The molecule has 5 atom stereocenters. The van der Waals surface area contributed by atoms with E-state index in [0.717, 1.165) is 6.04 Å². The van der Waals surface area contributed by atoms with Crippen molar-refractivity contribution in [2.24, 2.45) is 0 Å². The van der Waals surface area contributed by atoms with Crippen LogP contribution in [0, 0.1) is 0 Å². The fourth-order valence-electron chi connectivity index (χ4n) is 3.81. The summed E-state index contributed by atoms with van der Waals surface area (Å²) >= 11 is 0. The van der Waals surface area contributed by atoms with Gasteiger partial charge < -0.3 is 42.9 Å². The lowest BCUT2D eigenvalue weighted by Gasteiger charge is -2.48. The topological polar surface area (TPSA) is 122 Å². The highest BCUT2D eigenvalue weighted by molar-refractivity contribution is 7.54. The zero-order valence-corrected chi connectivity index (χ0v) is 22.3. The summed E-state index contributed by atoms with van der Waals surface area (Å²) in [5.74, 6) is -2.34. The first-order valence-corrected chi connectivity index (χ1v) is 16.5. The van der Waals surface area contributed by atoms with E-state index in [4.69, 9.17) is 32.7 Å². The molecule has 1 unspecified atom stereocenters. The molecule has 0 spiro atoms. The highest BCUT2D eigenvalue weighted by Gasteiger charge is 2.68. The van der Waals surface area contributed by atoms with Crippen LogP contribution in [0.4, 0.5) is 0 Å². The third kappa shape index (κ3) is 6.60. The van der Waals surface area contributed by atoms with Crippen LogP contribution >= 0.6 is 7.60 Å². The molecule has 32 heavy (non-hydrogen) atoms. The van der Waals surface area contributed by atoms with Crippen molar-refractivity contribution < 1.29 is 47.5 Å². The molecule has 10 nitrogen and oxygen atoms in total. The first kappa shape index (κ1) is 28.3. The van der Waals surface area contributed by atoms with E-state index in [9.17, 15) is 14.8 Å². The molecule has 0 amide bonds. The molecule has 12 heteroatoms. The zero-order chi connectivity index (χ0) is 24.2. The molecule has 0 aliphatic carbocycles. The minimum Gasteiger partial charge on any atom is -0.394 e. The molecule has 2 N–H and O–H groups in total. The third-order valence-corrected chi connectivity index (χ3v) is 9.51. The Morgan fingerprint density at radius 2 is 1.78 bits per heavy atom. The highest BCUT2D eigenvalue weighted by Crippen LogP contribution is 2.61. The number of ether oxygens (including phenoxy) is 5. The number of fused-ring (bicyclic) bond motifs is 1. The van der Waals surface area contributed by atoms with Crippen molar-refractivity contribution in [3.8, 4) is 0 Å². The first-order chi connectivity index (χ1) is 14.8. The summed E-state index contributed by atoms with van der Waals surface area (Å²) in [6, 6.07) is 0.936. The first-order valence-electron chi connectivity index (χ1n) is 11.2. The lowest BCUT2D eigenvalue weighted by Crippen LogP contribution is -2.64. The summed E-state index contributed by atoms with van der Waals surface area (Å²) in [6.45, 7) is 13.5. The maximum atomic E-state index is 13.9. The largest absolute Gasteiger partial charge is 0.394 e. The van der Waals surface area contributed by atoms with Crippen molar-refractivity contribution in [3.63, 3.8) is 0 Å². The molecule has 0 aromatic heterocycles. The van der Waals surface area contributed by atoms with Crippen molar-refractivity contribution in [2.75, 3.05) is 39.8 Å². The number of hydrogen-bond donors (Lipinski definition) is 2. The summed E-state index contributed by atoms with van der Waals surface area (Å²) in [5, 5.41) is 20.6. The van der Waals surface area contributed by atoms with Gasteiger partial charge in [-0.15, -0.1) is 0 Å². The molecular weight excluding hydrogens is 459 g/mol. The maximum Gasteiger partial charge on any atom is 0.362 e. The number of aliphatic hydroxyl groups is 2. The molecule has 2 aliphatic rings. The van der Waals surface area contributed by atoms with Crippen molar-refractivity contribution >= 4 is 15.7 Å². The molecular formula is C20H41O10PSi. The Morgan fingerprint density at radius 3 is 2.31 bits per heavy atom. The van der Waals surface area contributed by atoms with Gasteiger partial charge in [0.05, 0.1) is 26.4 Å². The Bertz CT molecular complexity index is 632. The quantitative estimate of drug-likeness (QED) is 0.169. The van der Waals surface area contributed by atoms with Gasteiger partial charge in [-0.3, -0.25) is 4.57 Å². The summed E-state index contributed by atoms with van der Waals surface area (Å²) < 4.78 is 54.6. The predicted molar refractivity (Wildman–Crippen MR) is 120 cm³/mol. The Balaban J connectivity index is 2.36. The average molecular weight is 501 g/mol. The van der Waals surface area contributed by atoms with E-state index < -0.39 is 57.8 Å². The second-order valence-corrected chi connectivity index (χ2v) is 17.4. The monoisotopic (exact) mass is 500 g/mol. The Labute approximate surface area is 192 Å². The van der Waals surface area contributed by atoms with E-state index in [0.29, 0.717) is 6.61 Å². The van der Waals surface area contributed by atoms with Crippen LogP contribution < -0.4 is 0 Å². The van der Waals surface area contributed by atoms with Gasteiger partial charge in [0.15, 0.2) is 17.2 Å². The molecule has 2 fully saturated rings. The van der Waals surface area contributed by atoms with E-state index >= 15 is 0 Å². The molecule has 0 saturated carbocycles. The molecule has 0 bridgehead atoms. The van der Waals surface area contributed by atoms with Crippen LogP contribution in [0.5, 0.6) is 0 Å². The van der Waals surface area contributed by atoms with Crippen LogP contribution in [0.1, 0.15) is 27.7 Å². The summed E-state index contributed by atoms with van der Waals surface area (Å²) in [4.78, 5) is 0. The fourth-order valence-corrected chi connectivity index (χ4v) is 6.70. The maximum absolute atomic E-state index is 13.9. The van der Waals surface area contributed by atoms with Gasteiger partial charge in [-0.1, -0.05) is 19.6 Å². The number of aliphatic hydroxyl groups excluding tert-OH is 2. The van der Waals surface area contributed by atoms with Crippen LogP contribution in [0.15, 0.2) is 0 Å². The SMILES string of the molecule is CCOP(=O)(OCC)C(OCOCC[Si](C)(C)C)[C@]12COC(C)(C)O[C@H]1[C@H](O)[C@@H](CO)O2. The van der Waals surface area contributed by atoms with E-state index in [1.807, 2.05) is 0 Å². The molecule has 2 saturated heterocycles. The van der Waals surface area contributed by atoms with Gasteiger partial charge in [-0.05, 0) is 33.7 Å². The predicted octanol–water partition coefficient (Wildman–Crippen LogP) is 2.55. The summed E-state index contributed by atoms with van der Waals surface area (Å²) in [6.07, 6.45) is -3.17. The van der Waals surface area contributed by atoms with Gasteiger partial charge in [-0.25, -0.2) is 0 Å². The highest BCUT2D eigenvalue weighted by atomic mass is 31.2. The normalized spacial score (nSPS) is 31.5. The van der Waals surface area contributed by atoms with Gasteiger partial charge in [0.25, 0.3) is 0 Å². The molecule has 2 rings (SSSR count). The molecule has 0 aromatic carbocycles. The minimum atomic E-state index is -3.94. The molecule has 190 valence electrons. The van der Waals surface area contributed by atoms with Gasteiger partial charge in [0, 0.05) is 14.7 Å². The lowest BCUT2D eigenvalue weighted by molar-refractivity contribution is -0.342. The lowest BCUT2D eigenvalue weighted by atomic mass is 9.93. The van der Waals surface area contributed by atoms with Crippen LogP contribution in [-0.2, 0) is 37.3 Å². The van der Waals surface area contributed by atoms with E-state index in [-0.39, 0.29) is 26.6 Å². The number of hydrogen-bond acceptors (Lipinski definition) is 10. The Kier molecular flexibility index (Phi) is 9.93.